The molecule has 0 radical (unpaired) electrons. The van der Waals surface area contributed by atoms with Crippen molar-refractivity contribution in [3.8, 4) is 0 Å². The maximum absolute atomic E-state index is 11.1. The Morgan fingerprint density at radius 1 is 1.30 bits per heavy atom. The number of amides is 1. The average Bonchev–Trinajstić information content (AvgIpc) is 2.43. The third-order valence-electron chi connectivity index (χ3n) is 4.41. The van der Waals surface area contributed by atoms with Gasteiger partial charge in [0.1, 0.15) is 0 Å². The summed E-state index contributed by atoms with van der Waals surface area (Å²) in [6, 6.07) is 8.79. The summed E-state index contributed by atoms with van der Waals surface area (Å²) in [5.41, 5.74) is 8.05. The lowest BCUT2D eigenvalue weighted by Gasteiger charge is -2.32. The van der Waals surface area contributed by atoms with Gasteiger partial charge >= 0.3 is 0 Å². The average molecular weight is 274 g/mol. The van der Waals surface area contributed by atoms with E-state index in [0.717, 1.165) is 26.1 Å². The summed E-state index contributed by atoms with van der Waals surface area (Å²) in [4.78, 5) is 13.6. The summed E-state index contributed by atoms with van der Waals surface area (Å²) in [5.74, 6) is 0.516. The fraction of sp³-hybridized carbons (Fsp3) is 0.588. The lowest BCUT2D eigenvalue weighted by Crippen LogP contribution is -2.34. The molecule has 1 unspecified atom stereocenters. The van der Waals surface area contributed by atoms with E-state index < -0.39 is 0 Å². The lowest BCUT2D eigenvalue weighted by atomic mass is 9.87. The number of benzene rings is 1. The molecule has 2 N–H and O–H groups in total. The van der Waals surface area contributed by atoms with Crippen LogP contribution in [-0.2, 0) is 11.3 Å². The van der Waals surface area contributed by atoms with Gasteiger partial charge in [-0.3, -0.25) is 9.69 Å². The number of primary amides is 1. The van der Waals surface area contributed by atoms with Crippen molar-refractivity contribution in [3.05, 3.63) is 35.4 Å². The van der Waals surface area contributed by atoms with Gasteiger partial charge in [-0.2, -0.15) is 0 Å². The molecule has 1 aromatic rings. The monoisotopic (exact) mass is 274 g/mol. The molecule has 1 heterocycles. The standard InChI is InChI=1S/C17H26N2O/c1-13-3-5-16(6-4-13)12-19-9-7-15(8-10-19)11-14(2)17(18)20/h3-6,14-15H,7-12H2,1-2H3,(H2,18,20). The van der Waals surface area contributed by atoms with Crippen LogP contribution in [0.15, 0.2) is 24.3 Å². The molecule has 0 spiro atoms. The molecular formula is C17H26N2O. The smallest absolute Gasteiger partial charge is 0.220 e. The van der Waals surface area contributed by atoms with Crippen LogP contribution < -0.4 is 5.73 Å². The summed E-state index contributed by atoms with van der Waals surface area (Å²) in [6.45, 7) is 7.36. The van der Waals surface area contributed by atoms with Crippen molar-refractivity contribution in [2.45, 2.75) is 39.7 Å². The number of hydrogen-bond donors (Lipinski definition) is 1. The number of carbonyl (C=O) groups is 1. The van der Waals surface area contributed by atoms with E-state index in [1.165, 1.54) is 24.0 Å². The Morgan fingerprint density at radius 2 is 1.90 bits per heavy atom. The molecule has 0 aromatic heterocycles. The van der Waals surface area contributed by atoms with Crippen molar-refractivity contribution in [1.82, 2.24) is 4.90 Å². The van der Waals surface area contributed by atoms with Gasteiger partial charge in [0.05, 0.1) is 0 Å². The van der Waals surface area contributed by atoms with Gasteiger partial charge in [0.25, 0.3) is 0 Å². The topological polar surface area (TPSA) is 46.3 Å². The minimum absolute atomic E-state index is 0.0173. The van der Waals surface area contributed by atoms with Crippen LogP contribution in [0.5, 0.6) is 0 Å². The predicted octanol–water partition coefficient (Wildman–Crippen LogP) is 2.72. The molecule has 3 heteroatoms. The zero-order valence-electron chi connectivity index (χ0n) is 12.6. The maximum atomic E-state index is 11.1. The van der Waals surface area contributed by atoms with Crippen LogP contribution in [-0.4, -0.2) is 23.9 Å². The van der Waals surface area contributed by atoms with E-state index in [2.05, 4.69) is 36.1 Å². The molecule has 0 saturated carbocycles. The number of likely N-dealkylation sites (tertiary alicyclic amines) is 1. The Kier molecular flexibility index (Phi) is 5.18. The zero-order valence-corrected chi connectivity index (χ0v) is 12.6. The summed E-state index contributed by atoms with van der Waals surface area (Å²) in [5, 5.41) is 0. The first-order chi connectivity index (χ1) is 9.54. The van der Waals surface area contributed by atoms with Crippen LogP contribution in [0, 0.1) is 18.8 Å². The number of nitrogens with zero attached hydrogens (tertiary/aromatic N) is 1. The number of aryl methyl sites for hydroxylation is 1. The zero-order chi connectivity index (χ0) is 14.5. The van der Waals surface area contributed by atoms with Crippen LogP contribution in [0.1, 0.15) is 37.3 Å². The third kappa shape index (κ3) is 4.34. The summed E-state index contributed by atoms with van der Waals surface area (Å²) < 4.78 is 0. The maximum Gasteiger partial charge on any atom is 0.220 e. The van der Waals surface area contributed by atoms with Gasteiger partial charge in [0.2, 0.25) is 5.91 Å². The molecule has 2 rings (SSSR count). The molecule has 1 fully saturated rings. The number of nitrogens with two attached hydrogens (primary N) is 1. The van der Waals surface area contributed by atoms with Gasteiger partial charge in [-0.1, -0.05) is 36.8 Å². The highest BCUT2D eigenvalue weighted by Crippen LogP contribution is 2.25. The van der Waals surface area contributed by atoms with Gasteiger partial charge in [-0.25, -0.2) is 0 Å². The van der Waals surface area contributed by atoms with E-state index in [4.69, 9.17) is 5.73 Å². The minimum Gasteiger partial charge on any atom is -0.369 e. The van der Waals surface area contributed by atoms with Gasteiger partial charge in [-0.05, 0) is 50.8 Å². The van der Waals surface area contributed by atoms with Crippen LogP contribution in [0.4, 0.5) is 0 Å². The number of hydrogen-bond acceptors (Lipinski definition) is 2. The first kappa shape index (κ1) is 15.0. The Hall–Kier alpha value is -1.35. The molecule has 0 aliphatic carbocycles. The Balaban J connectivity index is 1.76. The minimum atomic E-state index is -0.160. The van der Waals surface area contributed by atoms with E-state index in [1.807, 2.05) is 6.92 Å². The Bertz CT molecular complexity index is 433. The quantitative estimate of drug-likeness (QED) is 0.897. The van der Waals surface area contributed by atoms with Gasteiger partial charge in [0, 0.05) is 12.5 Å². The highest BCUT2D eigenvalue weighted by Gasteiger charge is 2.22. The fourth-order valence-corrected chi connectivity index (χ4v) is 2.95. The second-order valence-electron chi connectivity index (χ2n) is 6.24. The van der Waals surface area contributed by atoms with Gasteiger partial charge < -0.3 is 5.73 Å². The summed E-state index contributed by atoms with van der Waals surface area (Å²) >= 11 is 0. The molecule has 0 bridgehead atoms. The molecular weight excluding hydrogens is 248 g/mol. The van der Waals surface area contributed by atoms with Crippen LogP contribution in [0.3, 0.4) is 0 Å². The highest BCUT2D eigenvalue weighted by molar-refractivity contribution is 5.76. The largest absolute Gasteiger partial charge is 0.369 e. The molecule has 1 atom stereocenters. The fourth-order valence-electron chi connectivity index (χ4n) is 2.95. The van der Waals surface area contributed by atoms with Crippen LogP contribution >= 0.6 is 0 Å². The normalized spacial score (nSPS) is 18.9. The van der Waals surface area contributed by atoms with E-state index in [-0.39, 0.29) is 11.8 Å². The SMILES string of the molecule is Cc1ccc(CN2CCC(CC(C)C(N)=O)CC2)cc1. The molecule has 20 heavy (non-hydrogen) atoms. The van der Waals surface area contributed by atoms with Crippen LogP contribution in [0.25, 0.3) is 0 Å². The number of carbonyl (C=O) groups excluding carboxylic acids is 1. The first-order valence-corrected chi connectivity index (χ1v) is 7.62. The van der Waals surface area contributed by atoms with E-state index in [0.29, 0.717) is 5.92 Å². The third-order valence-corrected chi connectivity index (χ3v) is 4.41. The second-order valence-corrected chi connectivity index (χ2v) is 6.24. The van der Waals surface area contributed by atoms with Gasteiger partial charge in [0.15, 0.2) is 0 Å². The first-order valence-electron chi connectivity index (χ1n) is 7.62. The number of piperidine rings is 1. The van der Waals surface area contributed by atoms with E-state index in [1.54, 1.807) is 0 Å². The number of rotatable bonds is 5. The molecule has 110 valence electrons. The molecule has 1 aliphatic heterocycles. The van der Waals surface area contributed by atoms with E-state index >= 15 is 0 Å². The lowest BCUT2D eigenvalue weighted by molar-refractivity contribution is -0.121. The van der Waals surface area contributed by atoms with E-state index in [9.17, 15) is 4.79 Å². The van der Waals surface area contributed by atoms with Crippen molar-refractivity contribution in [2.24, 2.45) is 17.6 Å². The predicted molar refractivity (Wildman–Crippen MR) is 82.2 cm³/mol. The van der Waals surface area contributed by atoms with Crippen molar-refractivity contribution >= 4 is 5.91 Å². The summed E-state index contributed by atoms with van der Waals surface area (Å²) in [7, 11) is 0. The van der Waals surface area contributed by atoms with Crippen molar-refractivity contribution in [3.63, 3.8) is 0 Å². The Morgan fingerprint density at radius 3 is 2.45 bits per heavy atom. The van der Waals surface area contributed by atoms with Crippen LogP contribution in [0.2, 0.25) is 0 Å². The van der Waals surface area contributed by atoms with Gasteiger partial charge in [-0.15, -0.1) is 0 Å². The highest BCUT2D eigenvalue weighted by atomic mass is 16.1. The molecule has 1 aromatic carbocycles. The molecule has 3 nitrogen and oxygen atoms in total. The van der Waals surface area contributed by atoms with Crippen molar-refractivity contribution < 1.29 is 4.79 Å². The van der Waals surface area contributed by atoms with Crippen molar-refractivity contribution in [1.29, 1.82) is 0 Å². The second kappa shape index (κ2) is 6.89. The Labute approximate surface area is 122 Å². The molecule has 1 amide bonds. The van der Waals surface area contributed by atoms with Crippen molar-refractivity contribution in [2.75, 3.05) is 13.1 Å². The molecule has 1 aliphatic rings. The molecule has 1 saturated heterocycles. The summed E-state index contributed by atoms with van der Waals surface area (Å²) in [6.07, 6.45) is 3.32.